The van der Waals surface area contributed by atoms with Crippen LogP contribution in [0.15, 0.2) is 0 Å². The second-order valence-electron chi connectivity index (χ2n) is 8.41. The first-order valence-corrected chi connectivity index (χ1v) is 12.4. The molecule has 4 rings (SSSR count). The molecular weight excluding hydrogens is 404 g/mol. The third-order valence-electron chi connectivity index (χ3n) is 6.18. The van der Waals surface area contributed by atoms with Crippen molar-refractivity contribution in [2.24, 2.45) is 5.92 Å². The lowest BCUT2D eigenvalue weighted by Gasteiger charge is -2.36. The largest absolute Gasteiger partial charge is 0.352 e. The zero-order valence-electron chi connectivity index (χ0n) is 17.5. The average Bonchev–Trinajstić information content (AvgIpc) is 3.09. The van der Waals surface area contributed by atoms with E-state index in [1.165, 1.54) is 33.5 Å². The van der Waals surface area contributed by atoms with Crippen LogP contribution in [0.3, 0.4) is 0 Å². The molecule has 7 heteroatoms. The SMILES string of the molecule is CCCCc1nc(N2CCN(C(=O)CCCl)CC2)c2c3c(sc2n1)C[C@@H](C)CC3. The van der Waals surface area contributed by atoms with Crippen LogP contribution in [0.5, 0.6) is 0 Å². The Balaban J connectivity index is 1.66. The fraction of sp³-hybridized carbons (Fsp3) is 0.682. The number of nitrogens with zero attached hydrogens (tertiary/aromatic N) is 4. The van der Waals surface area contributed by atoms with Crippen molar-refractivity contribution in [1.82, 2.24) is 14.9 Å². The number of carbonyl (C=O) groups excluding carboxylic acids is 1. The van der Waals surface area contributed by atoms with Crippen molar-refractivity contribution in [2.75, 3.05) is 37.0 Å². The Kier molecular flexibility index (Phi) is 6.60. The van der Waals surface area contributed by atoms with E-state index >= 15 is 0 Å². The minimum absolute atomic E-state index is 0.165. The molecule has 1 fully saturated rings. The van der Waals surface area contributed by atoms with E-state index in [4.69, 9.17) is 21.6 Å². The molecule has 0 saturated carbocycles. The van der Waals surface area contributed by atoms with Crippen LogP contribution in [0.1, 0.15) is 55.8 Å². The van der Waals surface area contributed by atoms with E-state index < -0.39 is 0 Å². The summed E-state index contributed by atoms with van der Waals surface area (Å²) >= 11 is 7.64. The van der Waals surface area contributed by atoms with Crippen LogP contribution in [0.25, 0.3) is 10.2 Å². The molecule has 2 aromatic rings. The number of rotatable bonds is 6. The Bertz CT molecular complexity index is 875. The van der Waals surface area contributed by atoms with Crippen molar-refractivity contribution in [3.63, 3.8) is 0 Å². The number of halogens is 1. The summed E-state index contributed by atoms with van der Waals surface area (Å²) in [4.78, 5) is 29.2. The van der Waals surface area contributed by atoms with Gasteiger partial charge in [0.25, 0.3) is 0 Å². The van der Waals surface area contributed by atoms with E-state index in [1.54, 1.807) is 0 Å². The number of unbranched alkanes of at least 4 members (excludes halogenated alkanes) is 1. The molecule has 0 unspecified atom stereocenters. The predicted molar refractivity (Wildman–Crippen MR) is 121 cm³/mol. The van der Waals surface area contributed by atoms with Crippen LogP contribution < -0.4 is 4.90 Å². The van der Waals surface area contributed by atoms with Gasteiger partial charge in [-0.05, 0) is 37.2 Å². The van der Waals surface area contributed by atoms with Gasteiger partial charge in [0, 0.05) is 49.8 Å². The Hall–Kier alpha value is -1.40. The van der Waals surface area contributed by atoms with Gasteiger partial charge in [-0.1, -0.05) is 20.3 Å². The first-order valence-electron chi connectivity index (χ1n) is 11.0. The Labute approximate surface area is 182 Å². The van der Waals surface area contributed by atoms with Crippen molar-refractivity contribution in [3.05, 3.63) is 16.3 Å². The number of aromatic nitrogens is 2. The van der Waals surface area contributed by atoms with Crippen LogP contribution in [0.2, 0.25) is 0 Å². The number of carbonyl (C=O) groups is 1. The number of amides is 1. The van der Waals surface area contributed by atoms with Crippen LogP contribution in [-0.4, -0.2) is 52.8 Å². The molecule has 0 radical (unpaired) electrons. The van der Waals surface area contributed by atoms with E-state index in [0.717, 1.165) is 69.4 Å². The number of aryl methyl sites for hydroxylation is 2. The average molecular weight is 435 g/mol. The zero-order chi connectivity index (χ0) is 20.4. The molecule has 158 valence electrons. The van der Waals surface area contributed by atoms with Crippen LogP contribution in [0, 0.1) is 5.92 Å². The quantitative estimate of drug-likeness (QED) is 0.631. The topological polar surface area (TPSA) is 49.3 Å². The fourth-order valence-corrected chi connectivity index (χ4v) is 6.01. The van der Waals surface area contributed by atoms with Gasteiger partial charge < -0.3 is 9.80 Å². The molecule has 0 spiro atoms. The highest BCUT2D eigenvalue weighted by atomic mass is 35.5. The molecule has 0 aromatic carbocycles. The lowest BCUT2D eigenvalue weighted by Crippen LogP contribution is -2.49. The van der Waals surface area contributed by atoms with Gasteiger partial charge >= 0.3 is 0 Å². The van der Waals surface area contributed by atoms with Gasteiger partial charge in [-0.2, -0.15) is 0 Å². The number of fused-ring (bicyclic) bond motifs is 3. The summed E-state index contributed by atoms with van der Waals surface area (Å²) in [7, 11) is 0. The third kappa shape index (κ3) is 4.38. The summed E-state index contributed by atoms with van der Waals surface area (Å²) in [6, 6.07) is 0. The van der Waals surface area contributed by atoms with Crippen LogP contribution in [0.4, 0.5) is 5.82 Å². The van der Waals surface area contributed by atoms with E-state index in [1.807, 2.05) is 16.2 Å². The highest BCUT2D eigenvalue weighted by Gasteiger charge is 2.28. The van der Waals surface area contributed by atoms with Gasteiger partial charge in [0.2, 0.25) is 5.91 Å². The monoisotopic (exact) mass is 434 g/mol. The second-order valence-corrected chi connectivity index (χ2v) is 9.87. The lowest BCUT2D eigenvalue weighted by atomic mass is 9.89. The van der Waals surface area contributed by atoms with Gasteiger partial charge in [0.15, 0.2) is 0 Å². The first kappa shape index (κ1) is 20.9. The van der Waals surface area contributed by atoms with E-state index in [0.29, 0.717) is 12.3 Å². The number of alkyl halides is 1. The summed E-state index contributed by atoms with van der Waals surface area (Å²) in [5.74, 6) is 3.39. The number of anilines is 1. The maximum absolute atomic E-state index is 12.2. The van der Waals surface area contributed by atoms with Gasteiger partial charge in [0.1, 0.15) is 16.5 Å². The molecule has 1 atom stereocenters. The molecule has 3 heterocycles. The zero-order valence-corrected chi connectivity index (χ0v) is 19.1. The molecular formula is C22H31ClN4OS. The number of hydrogen-bond acceptors (Lipinski definition) is 5. The molecule has 2 aromatic heterocycles. The van der Waals surface area contributed by atoms with Gasteiger partial charge in [-0.25, -0.2) is 9.97 Å². The first-order chi connectivity index (χ1) is 14.1. The van der Waals surface area contributed by atoms with Crippen molar-refractivity contribution >= 4 is 44.9 Å². The smallest absolute Gasteiger partial charge is 0.223 e. The molecule has 2 aliphatic rings. The molecule has 1 saturated heterocycles. The molecule has 1 amide bonds. The molecule has 0 N–H and O–H groups in total. The molecule has 0 bridgehead atoms. The van der Waals surface area contributed by atoms with Gasteiger partial charge in [-0.3, -0.25) is 4.79 Å². The number of piperazine rings is 1. The second kappa shape index (κ2) is 9.17. The van der Waals surface area contributed by atoms with Crippen molar-refractivity contribution in [2.45, 2.75) is 58.8 Å². The van der Waals surface area contributed by atoms with Crippen molar-refractivity contribution < 1.29 is 4.79 Å². The highest BCUT2D eigenvalue weighted by molar-refractivity contribution is 7.19. The van der Waals surface area contributed by atoms with Crippen LogP contribution >= 0.6 is 22.9 Å². The normalized spacial score (nSPS) is 19.6. The van der Waals surface area contributed by atoms with Gasteiger partial charge in [-0.15, -0.1) is 22.9 Å². The molecule has 1 aliphatic carbocycles. The summed E-state index contributed by atoms with van der Waals surface area (Å²) < 4.78 is 0. The summed E-state index contributed by atoms with van der Waals surface area (Å²) in [6.07, 6.45) is 7.18. The minimum Gasteiger partial charge on any atom is -0.352 e. The Morgan fingerprint density at radius 3 is 2.76 bits per heavy atom. The minimum atomic E-state index is 0.165. The Morgan fingerprint density at radius 1 is 1.24 bits per heavy atom. The maximum Gasteiger partial charge on any atom is 0.223 e. The lowest BCUT2D eigenvalue weighted by molar-refractivity contribution is -0.131. The standard InChI is InChI=1S/C22H31ClN4OS/c1-3-4-5-18-24-21(27-12-10-26(11-13-27)19(28)8-9-23)20-16-7-6-15(2)14-17(16)29-22(20)25-18/h15H,3-14H2,1-2H3/t15-/m0/s1. The number of thiophene rings is 1. The molecule has 1 aliphatic heterocycles. The van der Waals surface area contributed by atoms with Gasteiger partial charge in [0.05, 0.1) is 5.39 Å². The maximum atomic E-state index is 12.2. The van der Waals surface area contributed by atoms with E-state index in [-0.39, 0.29) is 5.91 Å². The highest BCUT2D eigenvalue weighted by Crippen LogP contribution is 2.41. The molecule has 5 nitrogen and oxygen atoms in total. The molecule has 29 heavy (non-hydrogen) atoms. The van der Waals surface area contributed by atoms with E-state index in [9.17, 15) is 4.79 Å². The summed E-state index contributed by atoms with van der Waals surface area (Å²) in [5, 5.41) is 1.29. The van der Waals surface area contributed by atoms with Crippen LogP contribution in [-0.2, 0) is 24.1 Å². The van der Waals surface area contributed by atoms with Crippen molar-refractivity contribution in [1.29, 1.82) is 0 Å². The summed E-state index contributed by atoms with van der Waals surface area (Å²) in [6.45, 7) is 7.71. The van der Waals surface area contributed by atoms with E-state index in [2.05, 4.69) is 18.7 Å². The number of hydrogen-bond donors (Lipinski definition) is 0. The predicted octanol–water partition coefficient (Wildman–Crippen LogP) is 4.44. The Morgan fingerprint density at radius 2 is 2.03 bits per heavy atom. The fourth-order valence-electron chi connectivity index (χ4n) is 4.45. The third-order valence-corrected chi connectivity index (χ3v) is 7.51. The summed E-state index contributed by atoms with van der Waals surface area (Å²) in [5.41, 5.74) is 1.49. The van der Waals surface area contributed by atoms with Crippen molar-refractivity contribution in [3.8, 4) is 0 Å².